The summed E-state index contributed by atoms with van der Waals surface area (Å²) in [4.78, 5) is 15.9. The molecule has 1 N–H and O–H groups in total. The van der Waals surface area contributed by atoms with Crippen LogP contribution in [0.15, 0.2) is 52.2 Å². The molecule has 0 atom stereocenters. The number of nitrogens with zero attached hydrogens (tertiary/aromatic N) is 3. The van der Waals surface area contributed by atoms with E-state index in [2.05, 4.69) is 15.5 Å². The first-order valence-electron chi connectivity index (χ1n) is 7.07. The van der Waals surface area contributed by atoms with E-state index < -0.39 is 5.91 Å². The molecule has 0 saturated carbocycles. The predicted octanol–water partition coefficient (Wildman–Crippen LogP) is 4.25. The number of hydrogen-bond donors (Lipinski definition) is 1. The fourth-order valence-electron chi connectivity index (χ4n) is 2.00. The fourth-order valence-corrected chi connectivity index (χ4v) is 2.49. The van der Waals surface area contributed by atoms with Crippen LogP contribution in [0.4, 0.5) is 0 Å². The molecular formula is C16H11Cl3N4O2. The maximum atomic E-state index is 12.0. The van der Waals surface area contributed by atoms with Gasteiger partial charge in [-0.2, -0.15) is 5.10 Å². The molecule has 128 valence electrons. The van der Waals surface area contributed by atoms with E-state index in [9.17, 15) is 4.79 Å². The normalized spacial score (nSPS) is 11.2. The van der Waals surface area contributed by atoms with Crippen LogP contribution in [-0.4, -0.2) is 21.7 Å². The van der Waals surface area contributed by atoms with Gasteiger partial charge in [0.15, 0.2) is 10.9 Å². The van der Waals surface area contributed by atoms with Crippen LogP contribution in [0, 0.1) is 0 Å². The van der Waals surface area contributed by atoms with Crippen LogP contribution in [0.2, 0.25) is 15.3 Å². The number of aromatic nitrogens is 2. The predicted molar refractivity (Wildman–Crippen MR) is 96.6 cm³/mol. The Morgan fingerprint density at radius 1 is 1.24 bits per heavy atom. The Kier molecular flexibility index (Phi) is 5.43. The quantitative estimate of drug-likeness (QED) is 0.517. The second kappa shape index (κ2) is 7.74. The number of hydrogen-bond acceptors (Lipinski definition) is 4. The number of amides is 1. The lowest BCUT2D eigenvalue weighted by atomic mass is 10.2. The Hall–Kier alpha value is -2.28. The summed E-state index contributed by atoms with van der Waals surface area (Å²) in [5.74, 6) is 0.161. The number of carbonyl (C=O) groups is 1. The van der Waals surface area contributed by atoms with Crippen LogP contribution < -0.4 is 5.43 Å². The number of benzene rings is 1. The lowest BCUT2D eigenvalue weighted by Crippen LogP contribution is -2.16. The highest BCUT2D eigenvalue weighted by Crippen LogP contribution is 2.21. The summed E-state index contributed by atoms with van der Waals surface area (Å²) >= 11 is 17.8. The fraction of sp³-hybridized carbons (Fsp3) is 0.0625. The van der Waals surface area contributed by atoms with Crippen LogP contribution in [0.25, 0.3) is 0 Å². The van der Waals surface area contributed by atoms with E-state index in [1.165, 1.54) is 12.5 Å². The van der Waals surface area contributed by atoms with Gasteiger partial charge in [-0.3, -0.25) is 4.79 Å². The second-order valence-electron chi connectivity index (χ2n) is 4.94. The van der Waals surface area contributed by atoms with Gasteiger partial charge in [-0.15, -0.1) is 0 Å². The van der Waals surface area contributed by atoms with Crippen molar-refractivity contribution < 1.29 is 9.21 Å². The van der Waals surface area contributed by atoms with Gasteiger partial charge >= 0.3 is 5.91 Å². The molecule has 25 heavy (non-hydrogen) atoms. The molecule has 1 aromatic carbocycles. The molecule has 0 spiro atoms. The zero-order valence-electron chi connectivity index (χ0n) is 12.6. The molecule has 0 aliphatic carbocycles. The summed E-state index contributed by atoms with van der Waals surface area (Å²) in [5.41, 5.74) is 3.07. The van der Waals surface area contributed by atoms with Gasteiger partial charge in [-0.05, 0) is 18.2 Å². The Bertz CT molecular complexity index is 933. The molecule has 0 aliphatic rings. The average molecular weight is 398 g/mol. The molecule has 0 radical (unpaired) electrons. The van der Waals surface area contributed by atoms with E-state index in [1.54, 1.807) is 28.8 Å². The molecular weight excluding hydrogens is 387 g/mol. The van der Waals surface area contributed by atoms with Crippen LogP contribution in [0.5, 0.6) is 0 Å². The average Bonchev–Trinajstić information content (AvgIpc) is 3.19. The van der Waals surface area contributed by atoms with Gasteiger partial charge in [0.05, 0.1) is 19.1 Å². The van der Waals surface area contributed by atoms with Gasteiger partial charge in [0.25, 0.3) is 0 Å². The van der Waals surface area contributed by atoms with E-state index >= 15 is 0 Å². The topological polar surface area (TPSA) is 72.4 Å². The van der Waals surface area contributed by atoms with E-state index in [1.807, 2.05) is 12.1 Å². The number of furan rings is 1. The van der Waals surface area contributed by atoms with Crippen molar-refractivity contribution in [1.82, 2.24) is 15.0 Å². The molecule has 0 fully saturated rings. The zero-order chi connectivity index (χ0) is 17.8. The number of nitrogens with one attached hydrogen (secondary N) is 1. The van der Waals surface area contributed by atoms with Crippen molar-refractivity contribution in [2.24, 2.45) is 5.10 Å². The molecule has 0 saturated heterocycles. The van der Waals surface area contributed by atoms with Crippen LogP contribution in [0.3, 0.4) is 0 Å². The van der Waals surface area contributed by atoms with Gasteiger partial charge in [-0.1, -0.05) is 53.0 Å². The Balaban J connectivity index is 1.63. The molecule has 6 nitrogen and oxygen atoms in total. The number of rotatable bonds is 5. The summed E-state index contributed by atoms with van der Waals surface area (Å²) < 4.78 is 7.07. The van der Waals surface area contributed by atoms with Crippen LogP contribution >= 0.6 is 34.8 Å². The van der Waals surface area contributed by atoms with Gasteiger partial charge in [0.1, 0.15) is 10.9 Å². The minimum absolute atomic E-state index is 0.119. The van der Waals surface area contributed by atoms with E-state index in [4.69, 9.17) is 39.2 Å². The monoisotopic (exact) mass is 396 g/mol. The molecule has 1 amide bonds. The number of hydrazone groups is 1. The smallest absolute Gasteiger partial charge is 0.307 e. The van der Waals surface area contributed by atoms with Crippen molar-refractivity contribution in [2.45, 2.75) is 6.54 Å². The van der Waals surface area contributed by atoms with Gasteiger partial charge in [0.2, 0.25) is 0 Å². The molecule has 3 aromatic rings. The number of imidazole rings is 1. The first-order valence-corrected chi connectivity index (χ1v) is 8.21. The minimum Gasteiger partial charge on any atom is -0.454 e. The third kappa shape index (κ3) is 4.22. The lowest BCUT2D eigenvalue weighted by molar-refractivity contribution is 0.0925. The maximum Gasteiger partial charge on any atom is 0.307 e. The number of carbonyl (C=O) groups excluding carboxylic acids is 1. The standard InChI is InChI=1S/C16H11Cl3N4O2/c17-12-4-2-1-3-10(12)7-21-22-16(24)13-6-5-11(25-13)8-23-9-20-14(18)15(23)19/h1-7,9H,8H2,(H,22,24)/b21-7-. The first-order chi connectivity index (χ1) is 12.0. The number of halogens is 3. The van der Waals surface area contributed by atoms with Crippen LogP contribution in [0.1, 0.15) is 21.9 Å². The van der Waals surface area contributed by atoms with E-state index in [-0.39, 0.29) is 10.9 Å². The van der Waals surface area contributed by atoms with Crippen molar-refractivity contribution >= 4 is 46.9 Å². The third-order valence-electron chi connectivity index (χ3n) is 3.22. The molecule has 0 unspecified atom stereocenters. The van der Waals surface area contributed by atoms with Crippen molar-refractivity contribution in [2.75, 3.05) is 0 Å². The van der Waals surface area contributed by atoms with Crippen molar-refractivity contribution in [1.29, 1.82) is 0 Å². The van der Waals surface area contributed by atoms with E-state index in [0.29, 0.717) is 28.0 Å². The zero-order valence-corrected chi connectivity index (χ0v) is 14.9. The highest BCUT2D eigenvalue weighted by atomic mass is 35.5. The van der Waals surface area contributed by atoms with Gasteiger partial charge < -0.3 is 8.98 Å². The van der Waals surface area contributed by atoms with Gasteiger partial charge in [0, 0.05) is 10.6 Å². The van der Waals surface area contributed by atoms with Crippen molar-refractivity contribution in [3.8, 4) is 0 Å². The largest absolute Gasteiger partial charge is 0.454 e. The third-order valence-corrected chi connectivity index (χ3v) is 4.33. The molecule has 0 bridgehead atoms. The Morgan fingerprint density at radius 2 is 2.04 bits per heavy atom. The first kappa shape index (κ1) is 17.5. The Morgan fingerprint density at radius 3 is 2.76 bits per heavy atom. The molecule has 2 aromatic heterocycles. The molecule has 0 aliphatic heterocycles. The summed E-state index contributed by atoms with van der Waals surface area (Å²) in [6, 6.07) is 10.3. The maximum absolute atomic E-state index is 12.0. The summed E-state index contributed by atoms with van der Waals surface area (Å²) in [6.45, 7) is 0.300. The van der Waals surface area contributed by atoms with E-state index in [0.717, 1.165) is 0 Å². The SMILES string of the molecule is O=C(N/N=C\c1ccccc1Cl)c1ccc(Cn2cnc(Cl)c2Cl)o1. The summed E-state index contributed by atoms with van der Waals surface area (Å²) in [5, 5.41) is 4.91. The summed E-state index contributed by atoms with van der Waals surface area (Å²) in [6.07, 6.45) is 2.94. The van der Waals surface area contributed by atoms with Crippen LogP contribution in [-0.2, 0) is 6.54 Å². The Labute approximate surface area is 158 Å². The van der Waals surface area contributed by atoms with Gasteiger partial charge in [-0.25, -0.2) is 10.4 Å². The van der Waals surface area contributed by atoms with Crippen molar-refractivity contribution in [3.05, 3.63) is 75.1 Å². The molecule has 2 heterocycles. The van der Waals surface area contributed by atoms with Crippen molar-refractivity contribution in [3.63, 3.8) is 0 Å². The molecule has 9 heteroatoms. The molecule has 3 rings (SSSR count). The minimum atomic E-state index is -0.482. The highest BCUT2D eigenvalue weighted by molar-refractivity contribution is 6.40. The lowest BCUT2D eigenvalue weighted by Gasteiger charge is -2.01. The highest BCUT2D eigenvalue weighted by Gasteiger charge is 2.13. The second-order valence-corrected chi connectivity index (χ2v) is 6.06. The summed E-state index contributed by atoms with van der Waals surface area (Å²) in [7, 11) is 0.